The van der Waals surface area contributed by atoms with Gasteiger partial charge in [-0.25, -0.2) is 0 Å². The first-order chi connectivity index (χ1) is 7.27. The van der Waals surface area contributed by atoms with Gasteiger partial charge in [-0.1, -0.05) is 12.1 Å². The number of benzene rings is 1. The number of aromatic nitrogens is 1. The molecule has 1 fully saturated rings. The van der Waals surface area contributed by atoms with Crippen LogP contribution in [0.5, 0.6) is 0 Å². The van der Waals surface area contributed by atoms with E-state index in [4.69, 9.17) is 0 Å². The van der Waals surface area contributed by atoms with Crippen molar-refractivity contribution in [3.05, 3.63) is 36.0 Å². The maximum absolute atomic E-state index is 11.1. The van der Waals surface area contributed by atoms with Crippen LogP contribution in [0.1, 0.15) is 18.4 Å². The first-order valence-electron chi connectivity index (χ1n) is 5.28. The molecule has 15 heavy (non-hydrogen) atoms. The summed E-state index contributed by atoms with van der Waals surface area (Å²) >= 11 is 0. The summed E-state index contributed by atoms with van der Waals surface area (Å²) in [7, 11) is 2.03. The number of carbonyl (C=O) groups excluding carboxylic acids is 1. The highest BCUT2D eigenvalue weighted by molar-refractivity contribution is 5.90. The predicted molar refractivity (Wildman–Crippen MR) is 59.9 cm³/mol. The van der Waals surface area contributed by atoms with Crippen LogP contribution in [0, 0.1) is 0 Å². The lowest BCUT2D eigenvalue weighted by Gasteiger charge is -2.09. The fourth-order valence-corrected chi connectivity index (χ4v) is 2.32. The monoisotopic (exact) mass is 199 g/mol. The molecule has 0 aliphatic heterocycles. The molecule has 1 aliphatic rings. The van der Waals surface area contributed by atoms with Gasteiger partial charge < -0.3 is 9.36 Å². The molecule has 0 unspecified atom stereocenters. The number of hydrogen-bond acceptors (Lipinski definition) is 1. The van der Waals surface area contributed by atoms with Crippen molar-refractivity contribution in [3.8, 4) is 0 Å². The lowest BCUT2D eigenvalue weighted by atomic mass is 9.94. The van der Waals surface area contributed by atoms with E-state index in [1.165, 1.54) is 16.5 Å². The van der Waals surface area contributed by atoms with Crippen LogP contribution in [-0.2, 0) is 17.3 Å². The largest absolute Gasteiger partial charge is 0.351 e. The Morgan fingerprint density at radius 2 is 2.13 bits per heavy atom. The zero-order chi connectivity index (χ0) is 10.5. The van der Waals surface area contributed by atoms with Crippen molar-refractivity contribution in [2.45, 2.75) is 18.3 Å². The molecule has 0 bridgehead atoms. The SMILES string of the molecule is Cn1ccc2c(C3(C=O)CC3)cccc21. The molecule has 0 spiro atoms. The molecule has 0 amide bonds. The predicted octanol–water partition coefficient (Wildman–Crippen LogP) is 2.41. The van der Waals surface area contributed by atoms with Crippen molar-refractivity contribution in [1.29, 1.82) is 0 Å². The summed E-state index contributed by atoms with van der Waals surface area (Å²) in [5.41, 5.74) is 2.25. The standard InChI is InChI=1S/C13H13NO/c1-14-8-5-10-11(3-2-4-12(10)14)13(9-15)6-7-13/h2-5,8-9H,6-7H2,1H3. The molecule has 76 valence electrons. The minimum absolute atomic E-state index is 0.166. The molecule has 1 heterocycles. The normalized spacial score (nSPS) is 17.9. The Hall–Kier alpha value is -1.57. The molecule has 2 nitrogen and oxygen atoms in total. The number of fused-ring (bicyclic) bond motifs is 1. The van der Waals surface area contributed by atoms with Crippen molar-refractivity contribution in [2.75, 3.05) is 0 Å². The van der Waals surface area contributed by atoms with Crippen molar-refractivity contribution in [1.82, 2.24) is 4.57 Å². The van der Waals surface area contributed by atoms with Crippen LogP contribution in [0.25, 0.3) is 10.9 Å². The minimum atomic E-state index is -0.166. The van der Waals surface area contributed by atoms with E-state index in [9.17, 15) is 4.79 Å². The number of nitrogens with zero attached hydrogens (tertiary/aromatic N) is 1. The first kappa shape index (κ1) is 8.72. The van der Waals surface area contributed by atoms with Crippen LogP contribution in [0.4, 0.5) is 0 Å². The fourth-order valence-electron chi connectivity index (χ4n) is 2.32. The third-order valence-corrected chi connectivity index (χ3v) is 3.48. The molecule has 0 radical (unpaired) electrons. The molecule has 1 aromatic carbocycles. The summed E-state index contributed by atoms with van der Waals surface area (Å²) in [6.07, 6.45) is 5.18. The molecule has 0 atom stereocenters. The van der Waals surface area contributed by atoms with Gasteiger partial charge in [-0.05, 0) is 30.5 Å². The fraction of sp³-hybridized carbons (Fsp3) is 0.308. The van der Waals surface area contributed by atoms with Gasteiger partial charge in [0.05, 0.1) is 5.41 Å². The summed E-state index contributed by atoms with van der Waals surface area (Å²) in [6.45, 7) is 0. The summed E-state index contributed by atoms with van der Waals surface area (Å²) < 4.78 is 2.10. The van der Waals surface area contributed by atoms with Gasteiger partial charge in [-0.3, -0.25) is 0 Å². The van der Waals surface area contributed by atoms with Gasteiger partial charge in [0.15, 0.2) is 0 Å². The molecule has 2 heteroatoms. The number of hydrogen-bond donors (Lipinski definition) is 0. The van der Waals surface area contributed by atoms with E-state index in [-0.39, 0.29) is 5.41 Å². The summed E-state index contributed by atoms with van der Waals surface area (Å²) in [4.78, 5) is 11.1. The number of aryl methyl sites for hydroxylation is 1. The summed E-state index contributed by atoms with van der Waals surface area (Å²) in [5.74, 6) is 0. The second-order valence-corrected chi connectivity index (χ2v) is 4.44. The Morgan fingerprint density at radius 1 is 1.33 bits per heavy atom. The second-order valence-electron chi connectivity index (χ2n) is 4.44. The summed E-state index contributed by atoms with van der Waals surface area (Å²) in [5, 5.41) is 1.23. The van der Waals surface area contributed by atoms with Gasteiger partial charge in [0.1, 0.15) is 6.29 Å². The molecule has 0 saturated heterocycles. The highest BCUT2D eigenvalue weighted by Crippen LogP contribution is 2.48. The van der Waals surface area contributed by atoms with Gasteiger partial charge >= 0.3 is 0 Å². The van der Waals surface area contributed by atoms with E-state index >= 15 is 0 Å². The molecular weight excluding hydrogens is 186 g/mol. The van der Waals surface area contributed by atoms with Crippen molar-refractivity contribution >= 4 is 17.2 Å². The van der Waals surface area contributed by atoms with E-state index in [1.807, 2.05) is 13.1 Å². The van der Waals surface area contributed by atoms with Gasteiger partial charge in [0.25, 0.3) is 0 Å². The Labute approximate surface area is 88.5 Å². The van der Waals surface area contributed by atoms with Crippen LogP contribution in [0.2, 0.25) is 0 Å². The van der Waals surface area contributed by atoms with Crippen molar-refractivity contribution in [2.24, 2.45) is 7.05 Å². The van der Waals surface area contributed by atoms with E-state index < -0.39 is 0 Å². The van der Waals surface area contributed by atoms with E-state index in [2.05, 4.69) is 29.0 Å². The molecule has 1 aromatic heterocycles. The Morgan fingerprint density at radius 3 is 2.80 bits per heavy atom. The van der Waals surface area contributed by atoms with Crippen LogP contribution in [0.3, 0.4) is 0 Å². The van der Waals surface area contributed by atoms with Crippen LogP contribution in [0.15, 0.2) is 30.5 Å². The molecule has 1 aliphatic carbocycles. The average Bonchev–Trinajstić information content (AvgIpc) is 2.98. The Kier molecular flexibility index (Phi) is 1.58. The van der Waals surface area contributed by atoms with Crippen molar-refractivity contribution in [3.63, 3.8) is 0 Å². The molecule has 3 rings (SSSR count). The molecular formula is C13H13NO. The minimum Gasteiger partial charge on any atom is -0.351 e. The highest BCUT2D eigenvalue weighted by Gasteiger charge is 2.45. The smallest absolute Gasteiger partial charge is 0.130 e. The molecule has 1 saturated carbocycles. The van der Waals surface area contributed by atoms with Crippen molar-refractivity contribution < 1.29 is 4.79 Å². The first-order valence-corrected chi connectivity index (χ1v) is 5.28. The number of rotatable bonds is 2. The van der Waals surface area contributed by atoms with Crippen LogP contribution >= 0.6 is 0 Å². The Balaban J connectivity index is 2.31. The van der Waals surface area contributed by atoms with E-state index in [0.29, 0.717) is 0 Å². The van der Waals surface area contributed by atoms with E-state index in [1.54, 1.807) is 0 Å². The zero-order valence-electron chi connectivity index (χ0n) is 8.73. The van der Waals surface area contributed by atoms with Crippen LogP contribution in [-0.4, -0.2) is 10.9 Å². The summed E-state index contributed by atoms with van der Waals surface area (Å²) in [6, 6.07) is 8.33. The quantitative estimate of drug-likeness (QED) is 0.681. The average molecular weight is 199 g/mol. The lowest BCUT2D eigenvalue weighted by molar-refractivity contribution is -0.109. The maximum Gasteiger partial charge on any atom is 0.130 e. The lowest BCUT2D eigenvalue weighted by Crippen LogP contribution is -2.07. The molecule has 0 N–H and O–H groups in total. The van der Waals surface area contributed by atoms with Gasteiger partial charge in [0.2, 0.25) is 0 Å². The topological polar surface area (TPSA) is 22.0 Å². The maximum atomic E-state index is 11.1. The van der Waals surface area contributed by atoms with E-state index in [0.717, 1.165) is 19.1 Å². The zero-order valence-corrected chi connectivity index (χ0v) is 8.73. The van der Waals surface area contributed by atoms with Gasteiger partial charge in [0, 0.05) is 24.1 Å². The Bertz CT molecular complexity index is 534. The van der Waals surface area contributed by atoms with Gasteiger partial charge in [-0.2, -0.15) is 0 Å². The third-order valence-electron chi connectivity index (χ3n) is 3.48. The highest BCUT2D eigenvalue weighted by atomic mass is 16.1. The second kappa shape index (κ2) is 2.72. The van der Waals surface area contributed by atoms with Crippen LogP contribution < -0.4 is 0 Å². The number of carbonyl (C=O) groups is 1. The van der Waals surface area contributed by atoms with Gasteiger partial charge in [-0.15, -0.1) is 0 Å². The molecule has 2 aromatic rings. The number of aldehydes is 1. The third kappa shape index (κ3) is 1.08.